The molecule has 22 heavy (non-hydrogen) atoms. The Morgan fingerprint density at radius 2 is 2.14 bits per heavy atom. The van der Waals surface area contributed by atoms with Crippen molar-refractivity contribution < 1.29 is 8.94 Å². The second kappa shape index (κ2) is 7.14. The van der Waals surface area contributed by atoms with Crippen LogP contribution in [0.3, 0.4) is 0 Å². The highest BCUT2D eigenvalue weighted by atomic mass is 16.5. The summed E-state index contributed by atoms with van der Waals surface area (Å²) in [6, 6.07) is 6.63. The van der Waals surface area contributed by atoms with Crippen molar-refractivity contribution in [2.45, 2.75) is 65.0 Å². The van der Waals surface area contributed by atoms with Gasteiger partial charge in [-0.25, -0.2) is 0 Å². The van der Waals surface area contributed by atoms with Gasteiger partial charge in [0.05, 0.1) is 12.6 Å². The summed E-state index contributed by atoms with van der Waals surface area (Å²) in [5.41, 5.74) is 1.09. The molecule has 1 saturated heterocycles. The van der Waals surface area contributed by atoms with Crippen LogP contribution < -0.4 is 0 Å². The Morgan fingerprint density at radius 3 is 2.91 bits per heavy atom. The number of aromatic nitrogens is 1. The summed E-state index contributed by atoms with van der Waals surface area (Å²) in [7, 11) is 0. The third-order valence-corrected chi connectivity index (χ3v) is 4.43. The molecule has 4 heteroatoms. The van der Waals surface area contributed by atoms with Gasteiger partial charge in [0.2, 0.25) is 0 Å². The van der Waals surface area contributed by atoms with E-state index in [1.54, 1.807) is 0 Å². The zero-order chi connectivity index (χ0) is 15.4. The van der Waals surface area contributed by atoms with Gasteiger partial charge in [-0.2, -0.15) is 0 Å². The number of furan rings is 1. The molecular weight excluding hydrogens is 276 g/mol. The van der Waals surface area contributed by atoms with E-state index in [4.69, 9.17) is 8.94 Å². The van der Waals surface area contributed by atoms with Crippen LogP contribution in [0.4, 0.5) is 0 Å². The highest BCUT2D eigenvalue weighted by molar-refractivity contribution is 5.12. The van der Waals surface area contributed by atoms with Crippen molar-refractivity contribution in [3.63, 3.8) is 0 Å². The fraction of sp³-hybridized carbons (Fsp3) is 0.611. The first-order valence-corrected chi connectivity index (χ1v) is 8.51. The quantitative estimate of drug-likeness (QED) is 0.806. The van der Waals surface area contributed by atoms with Gasteiger partial charge >= 0.3 is 0 Å². The maximum atomic E-state index is 5.77. The van der Waals surface area contributed by atoms with Crippen LogP contribution in [0.15, 0.2) is 27.1 Å². The maximum Gasteiger partial charge on any atom is 0.137 e. The van der Waals surface area contributed by atoms with Gasteiger partial charge in [0.1, 0.15) is 23.0 Å². The summed E-state index contributed by atoms with van der Waals surface area (Å²) in [6.07, 6.45) is 7.01. The minimum atomic E-state index is 0.349. The lowest BCUT2D eigenvalue weighted by atomic mass is 10.1. The molecule has 1 fully saturated rings. The molecule has 0 radical (unpaired) electrons. The zero-order valence-corrected chi connectivity index (χ0v) is 13.7. The average molecular weight is 302 g/mol. The topological polar surface area (TPSA) is 42.4 Å². The Bertz CT molecular complexity index is 587. The third-order valence-electron chi connectivity index (χ3n) is 4.43. The van der Waals surface area contributed by atoms with Crippen LogP contribution in [-0.4, -0.2) is 16.6 Å². The van der Waals surface area contributed by atoms with E-state index in [0.717, 1.165) is 55.3 Å². The van der Waals surface area contributed by atoms with E-state index >= 15 is 0 Å². The van der Waals surface area contributed by atoms with Crippen molar-refractivity contribution in [1.29, 1.82) is 0 Å². The number of likely N-dealkylation sites (tertiary alicyclic amines) is 1. The zero-order valence-electron chi connectivity index (χ0n) is 13.7. The molecule has 1 aliphatic heterocycles. The standard InChI is InChI=1S/C18H26N2O2/c1-3-7-15-12-17(19-22-15)18-8-5-4-6-11-20(18)13-16-10-9-14(2)21-16/h9-10,12,18H,3-8,11,13H2,1-2H3. The molecule has 1 atom stereocenters. The van der Waals surface area contributed by atoms with Crippen LogP contribution in [-0.2, 0) is 13.0 Å². The molecule has 0 aromatic carbocycles. The third kappa shape index (κ3) is 3.61. The molecule has 0 spiro atoms. The lowest BCUT2D eigenvalue weighted by molar-refractivity contribution is 0.169. The summed E-state index contributed by atoms with van der Waals surface area (Å²) < 4.78 is 11.3. The van der Waals surface area contributed by atoms with E-state index < -0.39 is 0 Å². The van der Waals surface area contributed by atoms with Crippen molar-refractivity contribution in [3.8, 4) is 0 Å². The van der Waals surface area contributed by atoms with Crippen molar-refractivity contribution in [2.75, 3.05) is 6.54 Å². The van der Waals surface area contributed by atoms with Crippen LogP contribution in [0.25, 0.3) is 0 Å². The Kier molecular flexibility index (Phi) is 4.98. The van der Waals surface area contributed by atoms with Crippen LogP contribution in [0.2, 0.25) is 0 Å². The predicted molar refractivity (Wildman–Crippen MR) is 85.6 cm³/mol. The van der Waals surface area contributed by atoms with E-state index in [1.807, 2.05) is 13.0 Å². The molecule has 0 aliphatic carbocycles. The number of rotatable bonds is 5. The summed E-state index contributed by atoms with van der Waals surface area (Å²) in [4.78, 5) is 2.50. The van der Waals surface area contributed by atoms with Gasteiger partial charge in [-0.05, 0) is 44.9 Å². The van der Waals surface area contributed by atoms with Crippen LogP contribution in [0, 0.1) is 6.92 Å². The highest BCUT2D eigenvalue weighted by Gasteiger charge is 2.26. The van der Waals surface area contributed by atoms with E-state index in [9.17, 15) is 0 Å². The normalized spacial score (nSPS) is 20.2. The van der Waals surface area contributed by atoms with Gasteiger partial charge in [-0.3, -0.25) is 4.90 Å². The fourth-order valence-corrected chi connectivity index (χ4v) is 3.31. The molecule has 0 saturated carbocycles. The van der Waals surface area contributed by atoms with Gasteiger partial charge in [0.25, 0.3) is 0 Å². The first-order valence-electron chi connectivity index (χ1n) is 8.51. The molecule has 2 aromatic rings. The minimum Gasteiger partial charge on any atom is -0.465 e. The second-order valence-electron chi connectivity index (χ2n) is 6.32. The molecule has 3 heterocycles. The van der Waals surface area contributed by atoms with Crippen LogP contribution in [0.1, 0.15) is 68.0 Å². The van der Waals surface area contributed by atoms with Crippen molar-refractivity contribution in [1.82, 2.24) is 10.1 Å². The van der Waals surface area contributed by atoms with Gasteiger partial charge in [0, 0.05) is 12.5 Å². The first kappa shape index (κ1) is 15.3. The van der Waals surface area contributed by atoms with Gasteiger partial charge in [-0.1, -0.05) is 24.9 Å². The van der Waals surface area contributed by atoms with Gasteiger partial charge in [0.15, 0.2) is 0 Å². The van der Waals surface area contributed by atoms with Crippen LogP contribution >= 0.6 is 0 Å². The monoisotopic (exact) mass is 302 g/mol. The van der Waals surface area contributed by atoms with E-state index in [0.29, 0.717) is 6.04 Å². The Hall–Kier alpha value is -1.55. The molecule has 4 nitrogen and oxygen atoms in total. The molecule has 0 N–H and O–H groups in total. The van der Waals surface area contributed by atoms with E-state index in [1.165, 1.54) is 19.3 Å². The molecule has 0 amide bonds. The van der Waals surface area contributed by atoms with E-state index in [-0.39, 0.29) is 0 Å². The summed E-state index contributed by atoms with van der Waals surface area (Å²) in [6.45, 7) is 6.12. The molecule has 0 bridgehead atoms. The SMILES string of the molecule is CCCc1cc(C2CCCCCN2Cc2ccc(C)o2)no1. The Morgan fingerprint density at radius 1 is 1.23 bits per heavy atom. The molecule has 1 aliphatic rings. The van der Waals surface area contributed by atoms with E-state index in [2.05, 4.69) is 29.1 Å². The maximum absolute atomic E-state index is 5.77. The Labute approximate surface area is 132 Å². The molecule has 3 rings (SSSR count). The smallest absolute Gasteiger partial charge is 0.137 e. The lowest BCUT2D eigenvalue weighted by Gasteiger charge is -2.27. The van der Waals surface area contributed by atoms with Crippen molar-refractivity contribution in [2.24, 2.45) is 0 Å². The number of aryl methyl sites for hydroxylation is 2. The molecule has 1 unspecified atom stereocenters. The second-order valence-corrected chi connectivity index (χ2v) is 6.32. The average Bonchev–Trinajstić information content (AvgIpc) is 3.05. The molecular formula is C18H26N2O2. The largest absolute Gasteiger partial charge is 0.465 e. The highest BCUT2D eigenvalue weighted by Crippen LogP contribution is 2.31. The van der Waals surface area contributed by atoms with Crippen molar-refractivity contribution in [3.05, 3.63) is 41.2 Å². The fourth-order valence-electron chi connectivity index (χ4n) is 3.31. The summed E-state index contributed by atoms with van der Waals surface area (Å²) in [5.74, 6) is 3.03. The van der Waals surface area contributed by atoms with Crippen molar-refractivity contribution >= 4 is 0 Å². The number of hydrogen-bond donors (Lipinski definition) is 0. The minimum absolute atomic E-state index is 0.349. The first-order chi connectivity index (χ1) is 10.8. The number of nitrogens with zero attached hydrogens (tertiary/aromatic N) is 2. The molecule has 120 valence electrons. The summed E-state index contributed by atoms with van der Waals surface area (Å²) >= 11 is 0. The number of hydrogen-bond acceptors (Lipinski definition) is 4. The lowest BCUT2D eigenvalue weighted by Crippen LogP contribution is -2.28. The summed E-state index contributed by atoms with van der Waals surface area (Å²) in [5, 5.41) is 4.35. The Balaban J connectivity index is 1.77. The van der Waals surface area contributed by atoms with Gasteiger partial charge in [-0.15, -0.1) is 0 Å². The predicted octanol–water partition coefficient (Wildman–Crippen LogP) is 4.65. The van der Waals surface area contributed by atoms with Gasteiger partial charge < -0.3 is 8.94 Å². The van der Waals surface area contributed by atoms with Crippen LogP contribution in [0.5, 0.6) is 0 Å². The molecule has 2 aromatic heterocycles.